The minimum Gasteiger partial charge on any atom is -0.465 e. The third-order valence-electron chi connectivity index (χ3n) is 2.89. The number of amides is 1. The third-order valence-corrected chi connectivity index (χ3v) is 2.98. The Hall–Kier alpha value is -1.63. The van der Waals surface area contributed by atoms with Gasteiger partial charge in [-0.2, -0.15) is 0 Å². The van der Waals surface area contributed by atoms with E-state index < -0.39 is 11.5 Å². The lowest BCUT2D eigenvalue weighted by atomic mass is 9.92. The lowest BCUT2D eigenvalue weighted by Crippen LogP contribution is -2.29. The second kappa shape index (κ2) is 4.70. The number of ether oxygens (including phenoxy) is 1. The number of hydrogen-bond acceptors (Lipinski definition) is 4. The minimum absolute atomic E-state index is 0.00678. The quantitative estimate of drug-likeness (QED) is 0.492. The predicted molar refractivity (Wildman–Crippen MR) is 69.0 cm³/mol. The van der Waals surface area contributed by atoms with Crippen LogP contribution in [0.2, 0.25) is 0 Å². The van der Waals surface area contributed by atoms with Crippen LogP contribution >= 0.6 is 12.2 Å². The van der Waals surface area contributed by atoms with Crippen LogP contribution in [0.4, 0.5) is 0 Å². The maximum atomic E-state index is 11.4. The van der Waals surface area contributed by atoms with Crippen molar-refractivity contribution in [1.82, 2.24) is 5.43 Å². The zero-order valence-electron chi connectivity index (χ0n) is 10.0. The van der Waals surface area contributed by atoms with Gasteiger partial charge in [0.05, 0.1) is 0 Å². The fourth-order valence-electron chi connectivity index (χ4n) is 1.58. The van der Waals surface area contributed by atoms with Crippen LogP contribution in [0, 0.1) is 0 Å². The van der Waals surface area contributed by atoms with E-state index in [4.69, 9.17) is 16.2 Å². The number of primary amides is 1. The van der Waals surface area contributed by atoms with Gasteiger partial charge in [-0.05, 0) is 38.1 Å². The number of carbonyl (C=O) groups excluding carboxylic acids is 1. The summed E-state index contributed by atoms with van der Waals surface area (Å²) >= 11 is 4.62. The van der Waals surface area contributed by atoms with Gasteiger partial charge < -0.3 is 16.2 Å². The normalized spacial score (nSPS) is 25.9. The topological polar surface area (TPSA) is 103 Å². The number of hydrazone groups is 1. The summed E-state index contributed by atoms with van der Waals surface area (Å²) in [6, 6.07) is 0. The second-order valence-electron chi connectivity index (χ2n) is 3.94. The van der Waals surface area contributed by atoms with Crippen molar-refractivity contribution in [2.24, 2.45) is 16.6 Å². The summed E-state index contributed by atoms with van der Waals surface area (Å²) < 4.78 is 5.63. The molecule has 17 heavy (non-hydrogen) atoms. The van der Waals surface area contributed by atoms with E-state index in [1.54, 1.807) is 6.92 Å². The molecule has 0 aliphatic carbocycles. The van der Waals surface area contributed by atoms with Gasteiger partial charge in [0.2, 0.25) is 5.90 Å². The van der Waals surface area contributed by atoms with E-state index in [1.165, 1.54) is 0 Å². The van der Waals surface area contributed by atoms with Crippen molar-refractivity contribution >= 4 is 29.1 Å². The number of nitrogens with one attached hydrogen (secondary N) is 1. The number of thiocarbonyl (C=S) groups is 1. The molecule has 1 heterocycles. The molecule has 0 aromatic rings. The summed E-state index contributed by atoms with van der Waals surface area (Å²) in [6.45, 7) is 5.62. The van der Waals surface area contributed by atoms with Crippen molar-refractivity contribution in [2.75, 3.05) is 0 Å². The van der Waals surface area contributed by atoms with Gasteiger partial charge in [-0.3, -0.25) is 10.2 Å². The SMILES string of the molecule is CCC1(C)OC(=NNC(N)=S)C(C(N)=O)=C1C. The molecule has 6 nitrogen and oxygen atoms in total. The van der Waals surface area contributed by atoms with Crippen LogP contribution in [0.3, 0.4) is 0 Å². The third kappa shape index (κ3) is 2.55. The fraction of sp³-hybridized carbons (Fsp3) is 0.500. The Balaban J connectivity index is 3.16. The Morgan fingerprint density at radius 1 is 1.59 bits per heavy atom. The van der Waals surface area contributed by atoms with Crippen LogP contribution in [0.1, 0.15) is 27.2 Å². The largest absolute Gasteiger partial charge is 0.465 e. The molecule has 0 saturated carbocycles. The molecule has 5 N–H and O–H groups in total. The highest BCUT2D eigenvalue weighted by atomic mass is 32.1. The molecule has 94 valence electrons. The maximum Gasteiger partial charge on any atom is 0.254 e. The van der Waals surface area contributed by atoms with E-state index in [0.29, 0.717) is 6.42 Å². The van der Waals surface area contributed by atoms with Crippen molar-refractivity contribution in [3.05, 3.63) is 11.1 Å². The molecule has 1 rings (SSSR count). The van der Waals surface area contributed by atoms with Gasteiger partial charge in [-0.15, -0.1) is 5.10 Å². The zero-order valence-corrected chi connectivity index (χ0v) is 10.9. The highest BCUT2D eigenvalue weighted by Gasteiger charge is 2.41. The lowest BCUT2D eigenvalue weighted by molar-refractivity contribution is -0.114. The Morgan fingerprint density at radius 2 is 2.18 bits per heavy atom. The molecule has 7 heteroatoms. The molecular weight excluding hydrogens is 240 g/mol. The van der Waals surface area contributed by atoms with Crippen LogP contribution in [0.5, 0.6) is 0 Å². The van der Waals surface area contributed by atoms with Gasteiger partial charge in [0, 0.05) is 0 Å². The van der Waals surface area contributed by atoms with Crippen molar-refractivity contribution in [3.8, 4) is 0 Å². The van der Waals surface area contributed by atoms with Crippen LogP contribution in [0.15, 0.2) is 16.2 Å². The Kier molecular flexibility index (Phi) is 3.72. The smallest absolute Gasteiger partial charge is 0.254 e. The van der Waals surface area contributed by atoms with E-state index in [1.807, 2.05) is 13.8 Å². The Labute approximate surface area is 105 Å². The standard InChI is InChI=1S/C10H16N4O2S/c1-4-10(3)5(2)6(7(11)15)8(16-10)13-14-9(12)17/h4H2,1-3H3,(H2,11,15)(H3,12,14,17). The molecular formula is C10H16N4O2S. The number of nitrogens with zero attached hydrogens (tertiary/aromatic N) is 1. The molecule has 0 saturated heterocycles. The summed E-state index contributed by atoms with van der Waals surface area (Å²) in [5.74, 6) is -0.449. The van der Waals surface area contributed by atoms with Crippen LogP contribution in [-0.2, 0) is 9.53 Å². The Bertz CT molecular complexity index is 430. The molecule has 1 amide bonds. The average Bonchev–Trinajstić information content (AvgIpc) is 2.49. The molecule has 1 aliphatic rings. The first-order chi connectivity index (χ1) is 7.81. The first kappa shape index (κ1) is 13.4. The molecule has 0 aromatic carbocycles. The molecule has 0 fully saturated rings. The zero-order chi connectivity index (χ0) is 13.2. The van der Waals surface area contributed by atoms with Gasteiger partial charge in [0.15, 0.2) is 5.11 Å². The molecule has 0 aromatic heterocycles. The lowest BCUT2D eigenvalue weighted by Gasteiger charge is -2.23. The molecule has 1 unspecified atom stereocenters. The predicted octanol–water partition coefficient (Wildman–Crippen LogP) is 0.134. The monoisotopic (exact) mass is 256 g/mol. The minimum atomic E-state index is -0.580. The highest BCUT2D eigenvalue weighted by molar-refractivity contribution is 7.80. The summed E-state index contributed by atoms with van der Waals surface area (Å²) in [7, 11) is 0. The highest BCUT2D eigenvalue weighted by Crippen LogP contribution is 2.35. The second-order valence-corrected chi connectivity index (χ2v) is 4.38. The molecule has 0 bridgehead atoms. The van der Waals surface area contributed by atoms with Crippen molar-refractivity contribution in [3.63, 3.8) is 0 Å². The number of hydrogen-bond donors (Lipinski definition) is 3. The summed E-state index contributed by atoms with van der Waals surface area (Å²) in [4.78, 5) is 11.4. The van der Waals surface area contributed by atoms with Crippen molar-refractivity contribution < 1.29 is 9.53 Å². The van der Waals surface area contributed by atoms with Crippen LogP contribution in [0.25, 0.3) is 0 Å². The number of nitrogens with two attached hydrogens (primary N) is 2. The maximum absolute atomic E-state index is 11.4. The Morgan fingerprint density at radius 3 is 2.59 bits per heavy atom. The first-order valence-corrected chi connectivity index (χ1v) is 5.56. The fourth-order valence-corrected chi connectivity index (χ4v) is 1.62. The van der Waals surface area contributed by atoms with Gasteiger partial charge in [0.1, 0.15) is 11.2 Å². The van der Waals surface area contributed by atoms with Gasteiger partial charge in [-0.1, -0.05) is 6.92 Å². The molecule has 0 spiro atoms. The van der Waals surface area contributed by atoms with E-state index >= 15 is 0 Å². The van der Waals surface area contributed by atoms with Crippen LogP contribution in [-0.4, -0.2) is 22.5 Å². The average molecular weight is 256 g/mol. The van der Waals surface area contributed by atoms with Crippen LogP contribution < -0.4 is 16.9 Å². The molecule has 1 aliphatic heterocycles. The van der Waals surface area contributed by atoms with E-state index in [2.05, 4.69) is 22.7 Å². The number of carbonyl (C=O) groups is 1. The van der Waals surface area contributed by atoms with E-state index in [0.717, 1.165) is 5.57 Å². The summed E-state index contributed by atoms with van der Waals surface area (Å²) in [5, 5.41) is 3.83. The number of rotatable bonds is 3. The van der Waals surface area contributed by atoms with Gasteiger partial charge >= 0.3 is 0 Å². The van der Waals surface area contributed by atoms with Gasteiger partial charge in [-0.25, -0.2) is 0 Å². The van der Waals surface area contributed by atoms with Crippen molar-refractivity contribution in [1.29, 1.82) is 0 Å². The van der Waals surface area contributed by atoms with E-state index in [9.17, 15) is 4.79 Å². The molecule has 1 atom stereocenters. The first-order valence-electron chi connectivity index (χ1n) is 5.15. The van der Waals surface area contributed by atoms with E-state index in [-0.39, 0.29) is 16.6 Å². The van der Waals surface area contributed by atoms with Crippen molar-refractivity contribution in [2.45, 2.75) is 32.8 Å². The molecule has 0 radical (unpaired) electrons. The summed E-state index contributed by atoms with van der Waals surface area (Å²) in [5.41, 5.74) is 13.4. The summed E-state index contributed by atoms with van der Waals surface area (Å²) in [6.07, 6.45) is 0.696. The van der Waals surface area contributed by atoms with Gasteiger partial charge in [0.25, 0.3) is 5.91 Å².